The summed E-state index contributed by atoms with van der Waals surface area (Å²) in [6.07, 6.45) is 0. The van der Waals surface area contributed by atoms with E-state index in [1.807, 2.05) is 24.7 Å². The highest BCUT2D eigenvalue weighted by Gasteiger charge is 2.17. The van der Waals surface area contributed by atoms with Crippen molar-refractivity contribution in [1.29, 1.82) is 0 Å². The third kappa shape index (κ3) is 1.83. The van der Waals surface area contributed by atoms with E-state index in [1.165, 1.54) is 5.56 Å². The van der Waals surface area contributed by atoms with Crippen LogP contribution in [-0.4, -0.2) is 19.3 Å². The molecule has 5 heteroatoms. The van der Waals surface area contributed by atoms with Crippen molar-refractivity contribution in [1.82, 2.24) is 19.3 Å². The van der Waals surface area contributed by atoms with Gasteiger partial charge in [-0.15, -0.1) is 11.6 Å². The van der Waals surface area contributed by atoms with Gasteiger partial charge in [-0.25, -0.2) is 9.67 Å². The average Bonchev–Trinajstić information content (AvgIpc) is 2.88. The molecular weight excluding hydrogens is 260 g/mol. The highest BCUT2D eigenvalue weighted by Crippen LogP contribution is 2.24. The fraction of sp³-hybridized carbons (Fsp3) is 0.286. The van der Waals surface area contributed by atoms with Crippen LogP contribution in [0.3, 0.4) is 0 Å². The van der Waals surface area contributed by atoms with Crippen molar-refractivity contribution in [3.63, 3.8) is 0 Å². The van der Waals surface area contributed by atoms with Gasteiger partial charge in [-0.05, 0) is 31.5 Å². The van der Waals surface area contributed by atoms with Gasteiger partial charge in [0.1, 0.15) is 11.3 Å². The molecule has 0 radical (unpaired) electrons. The van der Waals surface area contributed by atoms with Crippen LogP contribution in [0.15, 0.2) is 24.3 Å². The first-order valence-electron chi connectivity index (χ1n) is 6.15. The molecule has 0 unspecified atom stereocenters. The van der Waals surface area contributed by atoms with E-state index in [0.717, 1.165) is 28.4 Å². The smallest absolute Gasteiger partial charge is 0.163 e. The Balaban J connectivity index is 2.38. The van der Waals surface area contributed by atoms with Crippen LogP contribution in [0.1, 0.15) is 17.1 Å². The first-order chi connectivity index (χ1) is 9.11. The molecule has 0 amide bonds. The molecule has 0 N–H and O–H groups in total. The molecule has 98 valence electrons. The monoisotopic (exact) mass is 274 g/mol. The molecule has 2 heterocycles. The Kier molecular flexibility index (Phi) is 2.82. The minimum absolute atomic E-state index is 0.377. The summed E-state index contributed by atoms with van der Waals surface area (Å²) < 4.78 is 3.94. The molecule has 2 aromatic heterocycles. The summed E-state index contributed by atoms with van der Waals surface area (Å²) in [5.74, 6) is 1.22. The van der Waals surface area contributed by atoms with Gasteiger partial charge in [0, 0.05) is 12.7 Å². The first kappa shape index (κ1) is 12.2. The molecule has 0 aliphatic rings. The Hall–Kier alpha value is -1.81. The van der Waals surface area contributed by atoms with Crippen LogP contribution < -0.4 is 0 Å². The zero-order valence-electron chi connectivity index (χ0n) is 11.2. The van der Waals surface area contributed by atoms with E-state index < -0.39 is 0 Å². The molecule has 3 aromatic rings. The van der Waals surface area contributed by atoms with Crippen LogP contribution in [0.4, 0.5) is 0 Å². The topological polar surface area (TPSA) is 35.6 Å². The van der Waals surface area contributed by atoms with E-state index >= 15 is 0 Å². The zero-order chi connectivity index (χ0) is 13.6. The van der Waals surface area contributed by atoms with Crippen molar-refractivity contribution >= 4 is 22.8 Å². The van der Waals surface area contributed by atoms with E-state index in [4.69, 9.17) is 11.6 Å². The molecule has 19 heavy (non-hydrogen) atoms. The molecule has 0 fully saturated rings. The fourth-order valence-corrected chi connectivity index (χ4v) is 2.62. The predicted molar refractivity (Wildman–Crippen MR) is 76.9 cm³/mol. The molecule has 0 atom stereocenters. The zero-order valence-corrected chi connectivity index (χ0v) is 11.9. The Morgan fingerprint density at radius 1 is 1.26 bits per heavy atom. The highest BCUT2D eigenvalue weighted by atomic mass is 35.5. The second-order valence-electron chi connectivity index (χ2n) is 4.72. The van der Waals surface area contributed by atoms with Crippen LogP contribution in [0.5, 0.6) is 0 Å². The molecular formula is C14H15ClN4. The number of nitrogens with zero attached hydrogens (tertiary/aromatic N) is 4. The standard InChI is InChI=1S/C14H15ClN4/c1-9-5-4-6-11(7-9)19-12(8-15)16-13-10(2)17-18(3)14(13)19/h4-7H,8H2,1-3H3. The van der Waals surface area contributed by atoms with Crippen LogP contribution in [0.2, 0.25) is 0 Å². The lowest BCUT2D eigenvalue weighted by Crippen LogP contribution is -2.04. The minimum Gasteiger partial charge on any atom is -0.280 e. The fourth-order valence-electron chi connectivity index (χ4n) is 2.45. The number of fused-ring (bicyclic) bond motifs is 1. The number of alkyl halides is 1. The number of aryl methyl sites for hydroxylation is 3. The summed E-state index contributed by atoms with van der Waals surface area (Å²) in [6.45, 7) is 4.04. The van der Waals surface area contributed by atoms with Gasteiger partial charge in [0.25, 0.3) is 0 Å². The van der Waals surface area contributed by atoms with E-state index in [0.29, 0.717) is 5.88 Å². The maximum atomic E-state index is 6.04. The lowest BCUT2D eigenvalue weighted by Gasteiger charge is -2.08. The summed E-state index contributed by atoms with van der Waals surface area (Å²) in [4.78, 5) is 4.61. The number of benzene rings is 1. The normalized spacial score (nSPS) is 11.4. The molecule has 0 aliphatic heterocycles. The van der Waals surface area contributed by atoms with Gasteiger partial charge in [-0.2, -0.15) is 5.10 Å². The van der Waals surface area contributed by atoms with E-state index in [-0.39, 0.29) is 0 Å². The lowest BCUT2D eigenvalue weighted by molar-refractivity contribution is 0.755. The molecule has 4 nitrogen and oxygen atoms in total. The predicted octanol–water partition coefficient (Wildman–Crippen LogP) is 3.11. The van der Waals surface area contributed by atoms with Gasteiger partial charge in [0.05, 0.1) is 11.6 Å². The second kappa shape index (κ2) is 4.38. The van der Waals surface area contributed by atoms with Crippen molar-refractivity contribution in [3.8, 4) is 5.69 Å². The summed E-state index contributed by atoms with van der Waals surface area (Å²) >= 11 is 6.04. The number of hydrogen-bond acceptors (Lipinski definition) is 2. The molecule has 0 saturated heterocycles. The third-order valence-corrected chi connectivity index (χ3v) is 3.49. The van der Waals surface area contributed by atoms with Crippen molar-refractivity contribution in [2.75, 3.05) is 0 Å². The Morgan fingerprint density at radius 2 is 2.05 bits per heavy atom. The van der Waals surface area contributed by atoms with E-state index in [9.17, 15) is 0 Å². The number of hydrogen-bond donors (Lipinski definition) is 0. The van der Waals surface area contributed by atoms with Gasteiger partial charge in [-0.3, -0.25) is 4.57 Å². The Morgan fingerprint density at radius 3 is 2.74 bits per heavy atom. The van der Waals surface area contributed by atoms with Gasteiger partial charge in [-0.1, -0.05) is 12.1 Å². The number of imidazole rings is 1. The molecule has 0 spiro atoms. The summed E-state index contributed by atoms with van der Waals surface area (Å²) in [7, 11) is 1.93. The molecule has 1 aromatic carbocycles. The number of rotatable bonds is 2. The van der Waals surface area contributed by atoms with E-state index in [1.54, 1.807) is 0 Å². The van der Waals surface area contributed by atoms with Crippen molar-refractivity contribution in [3.05, 3.63) is 41.3 Å². The van der Waals surface area contributed by atoms with Crippen LogP contribution in [0, 0.1) is 13.8 Å². The average molecular weight is 275 g/mol. The van der Waals surface area contributed by atoms with Crippen LogP contribution in [-0.2, 0) is 12.9 Å². The molecule has 0 aliphatic carbocycles. The third-order valence-electron chi connectivity index (χ3n) is 3.25. The van der Waals surface area contributed by atoms with Crippen LogP contribution >= 0.6 is 11.6 Å². The van der Waals surface area contributed by atoms with Gasteiger partial charge >= 0.3 is 0 Å². The SMILES string of the molecule is Cc1cccc(-n2c(CCl)nc3c(C)nn(C)c32)c1. The quantitative estimate of drug-likeness (QED) is 0.673. The van der Waals surface area contributed by atoms with Crippen molar-refractivity contribution in [2.45, 2.75) is 19.7 Å². The van der Waals surface area contributed by atoms with Gasteiger partial charge in [0.15, 0.2) is 5.65 Å². The highest BCUT2D eigenvalue weighted by molar-refractivity contribution is 6.17. The number of halogens is 1. The van der Waals surface area contributed by atoms with Crippen molar-refractivity contribution in [2.24, 2.45) is 7.05 Å². The van der Waals surface area contributed by atoms with E-state index in [2.05, 4.69) is 39.8 Å². The van der Waals surface area contributed by atoms with Crippen molar-refractivity contribution < 1.29 is 0 Å². The summed E-state index contributed by atoms with van der Waals surface area (Å²) in [6, 6.07) is 8.30. The summed E-state index contributed by atoms with van der Waals surface area (Å²) in [5, 5.41) is 4.42. The molecule has 0 bridgehead atoms. The molecule has 3 rings (SSSR count). The maximum absolute atomic E-state index is 6.04. The Bertz CT molecular complexity index is 754. The first-order valence-corrected chi connectivity index (χ1v) is 6.69. The summed E-state index contributed by atoms with van der Waals surface area (Å²) in [5.41, 5.74) is 5.11. The minimum atomic E-state index is 0.377. The molecule has 0 saturated carbocycles. The lowest BCUT2D eigenvalue weighted by atomic mass is 10.2. The maximum Gasteiger partial charge on any atom is 0.163 e. The van der Waals surface area contributed by atoms with Gasteiger partial charge < -0.3 is 0 Å². The van der Waals surface area contributed by atoms with Crippen LogP contribution in [0.25, 0.3) is 16.9 Å². The van der Waals surface area contributed by atoms with Gasteiger partial charge in [0.2, 0.25) is 0 Å². The second-order valence-corrected chi connectivity index (χ2v) is 4.98. The Labute approximate surface area is 116 Å². The largest absolute Gasteiger partial charge is 0.280 e. The number of aromatic nitrogens is 4.